The van der Waals surface area contributed by atoms with Crippen LogP contribution in [0.15, 0.2) is 12.1 Å². The molecule has 3 N–H and O–H groups in total. The third kappa shape index (κ3) is 2.59. The highest BCUT2D eigenvalue weighted by Gasteiger charge is 2.50. The molecule has 2 rings (SSSR count). The smallest absolute Gasteiger partial charge is 0.228 e. The molecular formula is C14H20N2O3. The summed E-state index contributed by atoms with van der Waals surface area (Å²) < 4.78 is 10.4. The number of anilines is 2. The van der Waals surface area contributed by atoms with E-state index < -0.39 is 0 Å². The van der Waals surface area contributed by atoms with Gasteiger partial charge in [-0.05, 0) is 11.8 Å². The Kier molecular flexibility index (Phi) is 3.30. The molecule has 1 aromatic carbocycles. The largest absolute Gasteiger partial charge is 0.493 e. The van der Waals surface area contributed by atoms with Crippen LogP contribution in [-0.4, -0.2) is 20.1 Å². The molecule has 0 spiro atoms. The molecule has 0 aliphatic heterocycles. The summed E-state index contributed by atoms with van der Waals surface area (Å²) in [7, 11) is 3.09. The van der Waals surface area contributed by atoms with Crippen LogP contribution in [0.5, 0.6) is 11.5 Å². The van der Waals surface area contributed by atoms with Gasteiger partial charge < -0.3 is 20.5 Å². The van der Waals surface area contributed by atoms with E-state index in [0.717, 1.165) is 6.42 Å². The molecule has 1 fully saturated rings. The first-order chi connectivity index (χ1) is 8.89. The van der Waals surface area contributed by atoms with E-state index >= 15 is 0 Å². The molecule has 0 aromatic heterocycles. The molecule has 1 unspecified atom stereocenters. The summed E-state index contributed by atoms with van der Waals surface area (Å²) in [5, 5.41) is 2.85. The summed E-state index contributed by atoms with van der Waals surface area (Å²) in [6.07, 6.45) is 0.909. The summed E-state index contributed by atoms with van der Waals surface area (Å²) in [5.41, 5.74) is 7.02. The lowest BCUT2D eigenvalue weighted by Crippen LogP contribution is -2.17. The number of hydrogen-bond acceptors (Lipinski definition) is 4. The Morgan fingerprint density at radius 2 is 1.84 bits per heavy atom. The first-order valence-corrected chi connectivity index (χ1v) is 6.21. The Bertz CT molecular complexity index is 512. The molecule has 104 valence electrons. The number of nitrogens with one attached hydrogen (secondary N) is 1. The van der Waals surface area contributed by atoms with Gasteiger partial charge in [-0.15, -0.1) is 0 Å². The van der Waals surface area contributed by atoms with Gasteiger partial charge >= 0.3 is 0 Å². The number of methoxy groups -OCH3 is 2. The average Bonchev–Trinajstić information content (AvgIpc) is 3.00. The molecule has 19 heavy (non-hydrogen) atoms. The number of benzene rings is 1. The second-order valence-corrected chi connectivity index (χ2v) is 5.53. The minimum Gasteiger partial charge on any atom is -0.493 e. The highest BCUT2D eigenvalue weighted by molar-refractivity contribution is 5.98. The van der Waals surface area contributed by atoms with Gasteiger partial charge in [-0.3, -0.25) is 4.79 Å². The first kappa shape index (κ1) is 13.5. The summed E-state index contributed by atoms with van der Waals surface area (Å²) >= 11 is 0. The SMILES string of the molecule is COc1cc(N)c(NC(=O)C2CC2(C)C)cc1OC. The fourth-order valence-electron chi connectivity index (χ4n) is 2.14. The van der Waals surface area contributed by atoms with Gasteiger partial charge in [-0.25, -0.2) is 0 Å². The second kappa shape index (κ2) is 4.64. The third-order valence-electron chi connectivity index (χ3n) is 3.64. The molecular weight excluding hydrogens is 244 g/mol. The van der Waals surface area contributed by atoms with Gasteiger partial charge in [0.1, 0.15) is 0 Å². The zero-order valence-electron chi connectivity index (χ0n) is 11.7. The van der Waals surface area contributed by atoms with Gasteiger partial charge in [0, 0.05) is 18.1 Å². The van der Waals surface area contributed by atoms with E-state index in [0.29, 0.717) is 22.9 Å². The van der Waals surface area contributed by atoms with Gasteiger partial charge in [0.25, 0.3) is 0 Å². The van der Waals surface area contributed by atoms with Crippen LogP contribution >= 0.6 is 0 Å². The lowest BCUT2D eigenvalue weighted by atomic mass is 10.1. The van der Waals surface area contributed by atoms with E-state index in [2.05, 4.69) is 19.2 Å². The van der Waals surface area contributed by atoms with Crippen LogP contribution in [0.25, 0.3) is 0 Å². The van der Waals surface area contributed by atoms with E-state index in [1.807, 2.05) is 0 Å². The van der Waals surface area contributed by atoms with E-state index in [1.165, 1.54) is 0 Å². The molecule has 0 saturated heterocycles. The molecule has 5 heteroatoms. The van der Waals surface area contributed by atoms with E-state index in [-0.39, 0.29) is 17.2 Å². The van der Waals surface area contributed by atoms with Crippen molar-refractivity contribution in [2.75, 3.05) is 25.3 Å². The van der Waals surface area contributed by atoms with E-state index in [4.69, 9.17) is 15.2 Å². The van der Waals surface area contributed by atoms with Crippen molar-refractivity contribution < 1.29 is 14.3 Å². The number of amides is 1. The molecule has 1 aromatic rings. The van der Waals surface area contributed by atoms with Gasteiger partial charge in [0.15, 0.2) is 11.5 Å². The normalized spacial score (nSPS) is 19.7. The number of ether oxygens (including phenoxy) is 2. The van der Waals surface area contributed by atoms with Crippen LogP contribution in [0.1, 0.15) is 20.3 Å². The fraction of sp³-hybridized carbons (Fsp3) is 0.500. The molecule has 1 aliphatic carbocycles. The van der Waals surface area contributed by atoms with Crippen LogP contribution in [-0.2, 0) is 4.79 Å². The van der Waals surface area contributed by atoms with Gasteiger partial charge in [-0.2, -0.15) is 0 Å². The van der Waals surface area contributed by atoms with Crippen molar-refractivity contribution in [1.29, 1.82) is 0 Å². The maximum absolute atomic E-state index is 12.1. The number of hydrogen-bond donors (Lipinski definition) is 2. The van der Waals surface area contributed by atoms with E-state index in [9.17, 15) is 4.79 Å². The summed E-state index contributed by atoms with van der Waals surface area (Å²) in [5.74, 6) is 1.15. The van der Waals surface area contributed by atoms with Crippen LogP contribution in [0.2, 0.25) is 0 Å². The van der Waals surface area contributed by atoms with Crippen LogP contribution < -0.4 is 20.5 Å². The number of carbonyl (C=O) groups excluding carboxylic acids is 1. The highest BCUT2D eigenvalue weighted by Crippen LogP contribution is 2.52. The van der Waals surface area contributed by atoms with Crippen molar-refractivity contribution >= 4 is 17.3 Å². The van der Waals surface area contributed by atoms with Crippen molar-refractivity contribution in [3.63, 3.8) is 0 Å². The summed E-state index contributed by atoms with van der Waals surface area (Å²) in [4.78, 5) is 12.1. The minimum absolute atomic E-state index is 0.00363. The first-order valence-electron chi connectivity index (χ1n) is 6.21. The second-order valence-electron chi connectivity index (χ2n) is 5.53. The monoisotopic (exact) mass is 264 g/mol. The van der Waals surface area contributed by atoms with Crippen molar-refractivity contribution in [3.05, 3.63) is 12.1 Å². The quantitative estimate of drug-likeness (QED) is 0.818. The molecule has 5 nitrogen and oxygen atoms in total. The molecule has 1 aliphatic rings. The number of nitrogens with two attached hydrogens (primary N) is 1. The molecule has 0 bridgehead atoms. The van der Waals surface area contributed by atoms with Gasteiger partial charge in [-0.1, -0.05) is 13.8 Å². The Morgan fingerprint density at radius 1 is 1.32 bits per heavy atom. The number of carbonyl (C=O) groups is 1. The maximum atomic E-state index is 12.1. The molecule has 1 saturated carbocycles. The van der Waals surface area contributed by atoms with Gasteiger partial charge in [0.05, 0.1) is 25.6 Å². The highest BCUT2D eigenvalue weighted by atomic mass is 16.5. The fourth-order valence-corrected chi connectivity index (χ4v) is 2.14. The topological polar surface area (TPSA) is 73.6 Å². The molecule has 0 radical (unpaired) electrons. The van der Waals surface area contributed by atoms with Crippen LogP contribution in [0, 0.1) is 11.3 Å². The average molecular weight is 264 g/mol. The zero-order valence-corrected chi connectivity index (χ0v) is 11.7. The number of nitrogen functional groups attached to an aromatic ring is 1. The zero-order chi connectivity index (χ0) is 14.2. The molecule has 1 amide bonds. The predicted octanol–water partition coefficient (Wildman–Crippen LogP) is 2.27. The van der Waals surface area contributed by atoms with Gasteiger partial charge in [0.2, 0.25) is 5.91 Å². The molecule has 0 heterocycles. The third-order valence-corrected chi connectivity index (χ3v) is 3.64. The minimum atomic E-state index is 0.00363. The predicted molar refractivity (Wildman–Crippen MR) is 74.5 cm³/mol. The Labute approximate surface area is 113 Å². The van der Waals surface area contributed by atoms with E-state index in [1.54, 1.807) is 26.4 Å². The van der Waals surface area contributed by atoms with Crippen molar-refractivity contribution in [2.24, 2.45) is 11.3 Å². The maximum Gasteiger partial charge on any atom is 0.228 e. The summed E-state index contributed by atoms with van der Waals surface area (Å²) in [6, 6.07) is 3.33. The summed E-state index contributed by atoms with van der Waals surface area (Å²) in [6.45, 7) is 4.16. The van der Waals surface area contributed by atoms with Crippen LogP contribution in [0.3, 0.4) is 0 Å². The molecule has 1 atom stereocenters. The Morgan fingerprint density at radius 3 is 2.32 bits per heavy atom. The standard InChI is InChI=1S/C14H20N2O3/c1-14(2)7-8(14)13(17)16-10-6-12(19-4)11(18-3)5-9(10)15/h5-6,8H,7,15H2,1-4H3,(H,16,17). The van der Waals surface area contributed by atoms with Crippen LogP contribution in [0.4, 0.5) is 11.4 Å². The van der Waals surface area contributed by atoms with Crippen molar-refractivity contribution in [3.8, 4) is 11.5 Å². The Hall–Kier alpha value is -1.91. The number of rotatable bonds is 4. The Balaban J connectivity index is 2.19. The van der Waals surface area contributed by atoms with Crippen molar-refractivity contribution in [1.82, 2.24) is 0 Å². The van der Waals surface area contributed by atoms with Crippen molar-refractivity contribution in [2.45, 2.75) is 20.3 Å². The lowest BCUT2D eigenvalue weighted by Gasteiger charge is -2.13. The lowest BCUT2D eigenvalue weighted by molar-refractivity contribution is -0.117.